The molecule has 28 heavy (non-hydrogen) atoms. The first-order valence-electron chi connectivity index (χ1n) is 9.70. The van der Waals surface area contributed by atoms with E-state index in [-0.39, 0.29) is 12.1 Å². The van der Waals surface area contributed by atoms with Crippen LogP contribution in [-0.2, 0) is 4.74 Å². The molecule has 0 aliphatic carbocycles. The summed E-state index contributed by atoms with van der Waals surface area (Å²) in [5, 5.41) is 0.649. The number of benzene rings is 2. The van der Waals surface area contributed by atoms with Crippen LogP contribution in [0.15, 0.2) is 48.5 Å². The molecule has 1 unspecified atom stereocenters. The van der Waals surface area contributed by atoms with E-state index in [2.05, 4.69) is 44.2 Å². The Hall–Kier alpha value is -2.46. The molecule has 1 aliphatic rings. The monoisotopic (exact) mass is 398 g/mol. The zero-order valence-electron chi connectivity index (χ0n) is 16.6. The van der Waals surface area contributed by atoms with Crippen LogP contribution in [0.4, 0.5) is 10.5 Å². The second-order valence-corrected chi connectivity index (χ2v) is 7.77. The first kappa shape index (κ1) is 20.3. The minimum Gasteiger partial charge on any atom is -0.450 e. The molecule has 2 aromatic rings. The molecule has 0 saturated heterocycles. The smallest absolute Gasteiger partial charge is 0.410 e. The number of nitrogens with zero attached hydrogens (tertiary/aromatic N) is 1. The first-order valence-corrected chi connectivity index (χ1v) is 10.1. The number of nitrogen functional groups attached to an aromatic ring is 1. The number of rotatable bonds is 4. The van der Waals surface area contributed by atoms with Crippen LogP contribution in [0.1, 0.15) is 55.8 Å². The Bertz CT molecular complexity index is 875. The van der Waals surface area contributed by atoms with Crippen molar-refractivity contribution in [2.75, 3.05) is 18.9 Å². The van der Waals surface area contributed by atoms with Crippen molar-refractivity contribution < 1.29 is 9.53 Å². The van der Waals surface area contributed by atoms with Crippen molar-refractivity contribution in [2.45, 2.75) is 39.2 Å². The van der Waals surface area contributed by atoms with Gasteiger partial charge in [-0.25, -0.2) is 4.79 Å². The largest absolute Gasteiger partial charge is 0.450 e. The predicted octanol–water partition coefficient (Wildman–Crippen LogP) is 6.03. The third kappa shape index (κ3) is 4.33. The lowest BCUT2D eigenvalue weighted by Crippen LogP contribution is -2.37. The topological polar surface area (TPSA) is 55.6 Å². The Morgan fingerprint density at radius 3 is 2.61 bits per heavy atom. The SMILES string of the molecule is CCOC(=O)N1CCC(c2cc(Cl)ccc2N)=CC1c1ccc(C(C)C)cc1. The Labute approximate surface area is 171 Å². The highest BCUT2D eigenvalue weighted by Gasteiger charge is 2.29. The van der Waals surface area contributed by atoms with Crippen molar-refractivity contribution >= 4 is 29.0 Å². The fourth-order valence-electron chi connectivity index (χ4n) is 3.54. The molecule has 2 aromatic carbocycles. The van der Waals surface area contributed by atoms with Gasteiger partial charge in [-0.15, -0.1) is 0 Å². The maximum Gasteiger partial charge on any atom is 0.410 e. The summed E-state index contributed by atoms with van der Waals surface area (Å²) in [5.41, 5.74) is 11.2. The standard InChI is InChI=1S/C23H27ClN2O2/c1-4-28-23(27)26-12-11-18(20-14-19(24)9-10-21(20)25)13-22(26)17-7-5-16(6-8-17)15(2)3/h5-10,13-15,22H,4,11-12,25H2,1-3H3. The lowest BCUT2D eigenvalue weighted by molar-refractivity contribution is 0.0968. The van der Waals surface area contributed by atoms with Crippen LogP contribution in [0.5, 0.6) is 0 Å². The van der Waals surface area contributed by atoms with Gasteiger partial charge in [-0.3, -0.25) is 4.90 Å². The van der Waals surface area contributed by atoms with Gasteiger partial charge >= 0.3 is 6.09 Å². The molecule has 2 N–H and O–H groups in total. The lowest BCUT2D eigenvalue weighted by atomic mass is 9.91. The van der Waals surface area contributed by atoms with E-state index in [0.717, 1.165) is 16.7 Å². The Balaban J connectivity index is 2.02. The number of carbonyl (C=O) groups excluding carboxylic acids is 1. The van der Waals surface area contributed by atoms with Crippen molar-refractivity contribution in [3.05, 3.63) is 70.3 Å². The molecule has 0 saturated carbocycles. The van der Waals surface area contributed by atoms with Crippen molar-refractivity contribution in [3.63, 3.8) is 0 Å². The van der Waals surface area contributed by atoms with Gasteiger partial charge in [0, 0.05) is 22.8 Å². The highest BCUT2D eigenvalue weighted by atomic mass is 35.5. The summed E-state index contributed by atoms with van der Waals surface area (Å²) < 4.78 is 5.29. The van der Waals surface area contributed by atoms with Gasteiger partial charge in [0.25, 0.3) is 0 Å². The van der Waals surface area contributed by atoms with Gasteiger partial charge < -0.3 is 10.5 Å². The minimum atomic E-state index is -0.296. The van der Waals surface area contributed by atoms with Crippen LogP contribution < -0.4 is 5.73 Å². The zero-order valence-corrected chi connectivity index (χ0v) is 17.4. The molecule has 4 nitrogen and oxygen atoms in total. The van der Waals surface area contributed by atoms with E-state index in [1.54, 1.807) is 11.0 Å². The Morgan fingerprint density at radius 1 is 1.25 bits per heavy atom. The Morgan fingerprint density at radius 2 is 1.96 bits per heavy atom. The quantitative estimate of drug-likeness (QED) is 0.639. The van der Waals surface area contributed by atoms with E-state index in [4.69, 9.17) is 22.1 Å². The normalized spacial score (nSPS) is 16.8. The molecule has 0 fully saturated rings. The van der Waals surface area contributed by atoms with E-state index in [1.165, 1.54) is 5.56 Å². The molecule has 148 valence electrons. The molecular weight excluding hydrogens is 372 g/mol. The van der Waals surface area contributed by atoms with Crippen molar-refractivity contribution in [1.82, 2.24) is 4.90 Å². The summed E-state index contributed by atoms with van der Waals surface area (Å²) in [6, 6.07) is 13.7. The van der Waals surface area contributed by atoms with E-state index in [9.17, 15) is 4.79 Å². The fraction of sp³-hybridized carbons (Fsp3) is 0.348. The van der Waals surface area contributed by atoms with Crippen LogP contribution in [0, 0.1) is 0 Å². The molecule has 1 atom stereocenters. The summed E-state index contributed by atoms with van der Waals surface area (Å²) in [6.07, 6.45) is 2.51. The van der Waals surface area contributed by atoms with Crippen molar-refractivity contribution in [1.29, 1.82) is 0 Å². The second-order valence-electron chi connectivity index (χ2n) is 7.33. The summed E-state index contributed by atoms with van der Waals surface area (Å²) in [4.78, 5) is 14.3. The lowest BCUT2D eigenvalue weighted by Gasteiger charge is -2.34. The highest BCUT2D eigenvalue weighted by Crippen LogP contribution is 2.37. The third-order valence-electron chi connectivity index (χ3n) is 5.13. The first-order chi connectivity index (χ1) is 13.4. The molecule has 1 amide bonds. The van der Waals surface area contributed by atoms with Crippen LogP contribution >= 0.6 is 11.6 Å². The summed E-state index contributed by atoms with van der Waals surface area (Å²) in [5.74, 6) is 0.457. The van der Waals surface area contributed by atoms with Gasteiger partial charge in [0.2, 0.25) is 0 Å². The molecule has 0 aromatic heterocycles. The van der Waals surface area contributed by atoms with Gasteiger partial charge in [0.05, 0.1) is 12.6 Å². The minimum absolute atomic E-state index is 0.206. The molecule has 1 aliphatic heterocycles. The predicted molar refractivity (Wildman–Crippen MR) is 115 cm³/mol. The van der Waals surface area contributed by atoms with E-state index >= 15 is 0 Å². The van der Waals surface area contributed by atoms with Gasteiger partial charge in [-0.05, 0) is 54.2 Å². The number of amides is 1. The molecule has 0 radical (unpaired) electrons. The number of halogens is 1. The second kappa shape index (κ2) is 8.70. The van der Waals surface area contributed by atoms with Gasteiger partial charge in [0.15, 0.2) is 0 Å². The molecule has 0 bridgehead atoms. The summed E-state index contributed by atoms with van der Waals surface area (Å²) >= 11 is 6.19. The van der Waals surface area contributed by atoms with Crippen LogP contribution in [-0.4, -0.2) is 24.1 Å². The molecule has 1 heterocycles. The third-order valence-corrected chi connectivity index (χ3v) is 5.36. The zero-order chi connectivity index (χ0) is 20.3. The maximum absolute atomic E-state index is 12.5. The van der Waals surface area contributed by atoms with E-state index in [0.29, 0.717) is 36.2 Å². The van der Waals surface area contributed by atoms with Crippen LogP contribution in [0.3, 0.4) is 0 Å². The highest BCUT2D eigenvalue weighted by molar-refractivity contribution is 6.30. The Kier molecular flexibility index (Phi) is 6.30. The fourth-order valence-corrected chi connectivity index (χ4v) is 3.71. The summed E-state index contributed by atoms with van der Waals surface area (Å²) in [7, 11) is 0. The van der Waals surface area contributed by atoms with Crippen LogP contribution in [0.2, 0.25) is 5.02 Å². The summed E-state index contributed by atoms with van der Waals surface area (Å²) in [6.45, 7) is 7.07. The van der Waals surface area contributed by atoms with Gasteiger partial charge in [-0.2, -0.15) is 0 Å². The average Bonchev–Trinajstić information content (AvgIpc) is 2.69. The number of hydrogen-bond acceptors (Lipinski definition) is 3. The molecule has 3 rings (SSSR count). The molecule has 0 spiro atoms. The number of anilines is 1. The number of ether oxygens (including phenoxy) is 1. The number of nitrogens with two attached hydrogens (primary N) is 1. The average molecular weight is 399 g/mol. The van der Waals surface area contributed by atoms with Crippen molar-refractivity contribution in [2.24, 2.45) is 0 Å². The number of carbonyl (C=O) groups is 1. The maximum atomic E-state index is 12.5. The van der Waals surface area contributed by atoms with Crippen molar-refractivity contribution in [3.8, 4) is 0 Å². The van der Waals surface area contributed by atoms with Gasteiger partial charge in [-0.1, -0.05) is 55.8 Å². The molecular formula is C23H27ClN2O2. The van der Waals surface area contributed by atoms with E-state index < -0.39 is 0 Å². The van der Waals surface area contributed by atoms with Gasteiger partial charge in [0.1, 0.15) is 0 Å². The van der Waals surface area contributed by atoms with E-state index in [1.807, 2.05) is 19.1 Å². The molecule has 5 heteroatoms. The number of hydrogen-bond donors (Lipinski definition) is 1. The van der Waals surface area contributed by atoms with Crippen LogP contribution in [0.25, 0.3) is 5.57 Å².